The molecule has 0 fully saturated rings. The number of aliphatic hydroxyl groups is 1. The summed E-state index contributed by atoms with van der Waals surface area (Å²) in [6, 6.07) is 3.65. The van der Waals surface area contributed by atoms with E-state index < -0.39 is 11.7 Å². The number of carbonyl (C=O) groups is 2. The van der Waals surface area contributed by atoms with Gasteiger partial charge in [0.25, 0.3) is 5.91 Å². The zero-order valence-electron chi connectivity index (χ0n) is 11.7. The molecule has 3 N–H and O–H groups in total. The van der Waals surface area contributed by atoms with Crippen LogP contribution in [0.25, 0.3) is 0 Å². The van der Waals surface area contributed by atoms with Gasteiger partial charge in [0.15, 0.2) is 0 Å². The molecule has 112 valence electrons. The minimum atomic E-state index is -0.575. The minimum absolute atomic E-state index is 0.0599. The molecule has 2 amide bonds. The Balaban J connectivity index is 2.85. The molecule has 0 saturated heterocycles. The zero-order chi connectivity index (χ0) is 15.7. The summed E-state index contributed by atoms with van der Waals surface area (Å²) >= 11 is 0. The lowest BCUT2D eigenvalue weighted by atomic mass is 10.1. The predicted octanol–water partition coefficient (Wildman–Crippen LogP) is 0.425. The van der Waals surface area contributed by atoms with Crippen LogP contribution in [0.5, 0.6) is 0 Å². The zero-order valence-corrected chi connectivity index (χ0v) is 11.7. The highest BCUT2D eigenvalue weighted by molar-refractivity contribution is 5.98. The monoisotopic (exact) mass is 292 g/mol. The van der Waals surface area contributed by atoms with Gasteiger partial charge < -0.3 is 15.7 Å². The number of aliphatic hydroxyl groups excluding tert-OH is 1. The number of carbonyl (C=O) groups excluding carboxylic acids is 2. The number of benzene rings is 1. The molecule has 0 aliphatic rings. The van der Waals surface area contributed by atoms with E-state index in [1.165, 1.54) is 12.1 Å². The molecule has 0 saturated carbocycles. The maximum absolute atomic E-state index is 13.3. The summed E-state index contributed by atoms with van der Waals surface area (Å²) in [4.78, 5) is 23.3. The number of hydrogen-bond acceptors (Lipinski definition) is 3. The Morgan fingerprint density at radius 2 is 2.10 bits per heavy atom. The molecule has 0 aromatic heterocycles. The molecule has 1 rings (SSSR count). The maximum Gasteiger partial charge on any atom is 0.253 e. The van der Waals surface area contributed by atoms with Crippen molar-refractivity contribution < 1.29 is 19.1 Å². The van der Waals surface area contributed by atoms with E-state index in [0.29, 0.717) is 12.1 Å². The first kappa shape index (κ1) is 16.7. The van der Waals surface area contributed by atoms with Gasteiger partial charge in [0.1, 0.15) is 5.82 Å². The molecule has 5 nitrogen and oxygen atoms in total. The number of likely N-dealkylation sites (N-methyl/N-ethyl adjacent to an activating group) is 1. The summed E-state index contributed by atoms with van der Waals surface area (Å²) in [6.45, 7) is 1.95. The van der Waals surface area contributed by atoms with Crippen molar-refractivity contribution in [2.75, 3.05) is 19.7 Å². The third kappa shape index (κ3) is 5.63. The van der Waals surface area contributed by atoms with E-state index in [1.807, 2.05) is 0 Å². The van der Waals surface area contributed by atoms with Gasteiger partial charge in [0.2, 0.25) is 5.91 Å². The van der Waals surface area contributed by atoms with E-state index in [0.717, 1.165) is 6.07 Å². The maximum atomic E-state index is 13.3. The number of hydrogen-bond donors (Lipinski definition) is 3. The first-order valence-electron chi connectivity index (χ1n) is 6.52. The third-order valence-electron chi connectivity index (χ3n) is 2.47. The molecule has 0 aliphatic carbocycles. The predicted molar refractivity (Wildman–Crippen MR) is 76.0 cm³/mol. The molecular formula is C15H17FN2O3. The van der Waals surface area contributed by atoms with Crippen LogP contribution in [-0.4, -0.2) is 36.6 Å². The van der Waals surface area contributed by atoms with Crippen LogP contribution >= 0.6 is 0 Å². The lowest BCUT2D eigenvalue weighted by molar-refractivity contribution is -0.120. The molecule has 0 bridgehead atoms. The Hall–Kier alpha value is -2.39. The highest BCUT2D eigenvalue weighted by Gasteiger charge is 2.12. The molecule has 1 aromatic carbocycles. The van der Waals surface area contributed by atoms with Gasteiger partial charge in [0.05, 0.1) is 18.7 Å². The summed E-state index contributed by atoms with van der Waals surface area (Å²) in [7, 11) is 0. The van der Waals surface area contributed by atoms with Crippen molar-refractivity contribution >= 4 is 11.8 Å². The van der Waals surface area contributed by atoms with Gasteiger partial charge in [-0.25, -0.2) is 4.39 Å². The van der Waals surface area contributed by atoms with E-state index in [4.69, 9.17) is 5.11 Å². The Kier molecular flexibility index (Phi) is 6.92. The van der Waals surface area contributed by atoms with Crippen molar-refractivity contribution in [1.29, 1.82) is 0 Å². The summed E-state index contributed by atoms with van der Waals surface area (Å²) in [5.74, 6) is 3.90. The molecule has 0 unspecified atom stereocenters. The molecule has 0 atom stereocenters. The van der Waals surface area contributed by atoms with E-state index in [2.05, 4.69) is 22.5 Å². The highest BCUT2D eigenvalue weighted by Crippen LogP contribution is 2.10. The normalized spacial score (nSPS) is 9.48. The Bertz CT molecular complexity index is 576. The van der Waals surface area contributed by atoms with Gasteiger partial charge in [-0.15, -0.1) is 0 Å². The average Bonchev–Trinajstić information content (AvgIpc) is 2.46. The first-order valence-corrected chi connectivity index (χ1v) is 6.52. The summed E-state index contributed by atoms with van der Waals surface area (Å²) in [5, 5.41) is 13.6. The second-order valence-corrected chi connectivity index (χ2v) is 4.10. The first-order chi connectivity index (χ1) is 10.1. The fraction of sp³-hybridized carbons (Fsp3) is 0.333. The van der Waals surface area contributed by atoms with Crippen LogP contribution in [0.15, 0.2) is 18.2 Å². The lowest BCUT2D eigenvalue weighted by Crippen LogP contribution is -2.37. The number of rotatable bonds is 5. The van der Waals surface area contributed by atoms with E-state index in [-0.39, 0.29) is 31.0 Å². The topological polar surface area (TPSA) is 78.4 Å². The Morgan fingerprint density at radius 1 is 1.33 bits per heavy atom. The molecule has 0 aliphatic heterocycles. The molecule has 0 spiro atoms. The number of amides is 2. The standard InChI is InChI=1S/C15H17FN2O3/c1-2-17-14(20)10-18-15(21)13-9-12(16)7-6-11(13)5-3-4-8-19/h6-7,9,19H,2,4,8,10H2,1H3,(H,17,20)(H,18,21). The summed E-state index contributed by atoms with van der Waals surface area (Å²) in [6.07, 6.45) is 0.261. The van der Waals surface area contributed by atoms with Crippen molar-refractivity contribution in [3.05, 3.63) is 35.1 Å². The molecular weight excluding hydrogens is 275 g/mol. The SMILES string of the molecule is CCNC(=O)CNC(=O)c1cc(F)ccc1C#CCCO. The second kappa shape index (κ2) is 8.72. The second-order valence-electron chi connectivity index (χ2n) is 4.10. The fourth-order valence-electron chi connectivity index (χ4n) is 1.54. The Labute approximate surface area is 122 Å². The molecule has 6 heteroatoms. The molecule has 1 aromatic rings. The van der Waals surface area contributed by atoms with Gasteiger partial charge in [-0.2, -0.15) is 0 Å². The smallest absolute Gasteiger partial charge is 0.253 e. The van der Waals surface area contributed by atoms with Gasteiger partial charge in [0, 0.05) is 18.5 Å². The Morgan fingerprint density at radius 3 is 2.76 bits per heavy atom. The minimum Gasteiger partial charge on any atom is -0.395 e. The van der Waals surface area contributed by atoms with Gasteiger partial charge in [-0.1, -0.05) is 11.8 Å². The van der Waals surface area contributed by atoms with Crippen molar-refractivity contribution in [3.8, 4) is 11.8 Å². The molecule has 0 heterocycles. The lowest BCUT2D eigenvalue weighted by Gasteiger charge is -2.07. The molecule has 0 radical (unpaired) electrons. The van der Waals surface area contributed by atoms with Crippen LogP contribution in [0.4, 0.5) is 4.39 Å². The quantitative estimate of drug-likeness (QED) is 0.689. The van der Waals surface area contributed by atoms with Crippen molar-refractivity contribution in [2.24, 2.45) is 0 Å². The van der Waals surface area contributed by atoms with E-state index in [9.17, 15) is 14.0 Å². The van der Waals surface area contributed by atoms with Crippen LogP contribution < -0.4 is 10.6 Å². The largest absolute Gasteiger partial charge is 0.395 e. The van der Waals surface area contributed by atoms with Crippen molar-refractivity contribution in [1.82, 2.24) is 10.6 Å². The van der Waals surface area contributed by atoms with Crippen LogP contribution in [0, 0.1) is 17.7 Å². The van der Waals surface area contributed by atoms with Crippen LogP contribution in [0.3, 0.4) is 0 Å². The molecule has 21 heavy (non-hydrogen) atoms. The van der Waals surface area contributed by atoms with E-state index >= 15 is 0 Å². The average molecular weight is 292 g/mol. The summed E-state index contributed by atoms with van der Waals surface area (Å²) < 4.78 is 13.3. The van der Waals surface area contributed by atoms with Gasteiger partial charge in [-0.3, -0.25) is 9.59 Å². The third-order valence-corrected chi connectivity index (χ3v) is 2.47. The van der Waals surface area contributed by atoms with Crippen LogP contribution in [-0.2, 0) is 4.79 Å². The van der Waals surface area contributed by atoms with Crippen molar-refractivity contribution in [3.63, 3.8) is 0 Å². The van der Waals surface area contributed by atoms with Crippen LogP contribution in [0.2, 0.25) is 0 Å². The summed E-state index contributed by atoms with van der Waals surface area (Å²) in [5.41, 5.74) is 0.406. The van der Waals surface area contributed by atoms with Gasteiger partial charge >= 0.3 is 0 Å². The van der Waals surface area contributed by atoms with Gasteiger partial charge in [-0.05, 0) is 25.1 Å². The number of halogens is 1. The van der Waals surface area contributed by atoms with Crippen molar-refractivity contribution in [2.45, 2.75) is 13.3 Å². The highest BCUT2D eigenvalue weighted by atomic mass is 19.1. The van der Waals surface area contributed by atoms with Crippen LogP contribution in [0.1, 0.15) is 29.3 Å². The fourth-order valence-corrected chi connectivity index (χ4v) is 1.54. The number of nitrogens with one attached hydrogen (secondary N) is 2. The van der Waals surface area contributed by atoms with E-state index in [1.54, 1.807) is 6.92 Å².